The minimum absolute atomic E-state index is 0.0951. The van der Waals surface area contributed by atoms with Crippen molar-refractivity contribution in [2.45, 2.75) is 25.4 Å². The molecule has 2 aliphatic rings. The van der Waals surface area contributed by atoms with Gasteiger partial charge in [-0.1, -0.05) is 17.7 Å². The zero-order valence-corrected chi connectivity index (χ0v) is 11.3. The van der Waals surface area contributed by atoms with Gasteiger partial charge in [0.05, 0.1) is 13.2 Å². The van der Waals surface area contributed by atoms with Crippen LogP contribution in [0, 0.1) is 0 Å². The zero-order valence-electron chi connectivity index (χ0n) is 10.5. The molecule has 0 aliphatic carbocycles. The van der Waals surface area contributed by atoms with Crippen molar-refractivity contribution in [1.29, 1.82) is 0 Å². The summed E-state index contributed by atoms with van der Waals surface area (Å²) in [5, 5.41) is 0.378. The highest BCUT2D eigenvalue weighted by molar-refractivity contribution is 6.29. The third kappa shape index (κ3) is 3.26. The fourth-order valence-corrected chi connectivity index (χ4v) is 2.25. The first-order chi connectivity index (χ1) is 9.61. The first-order valence-electron chi connectivity index (χ1n) is 6.23. The number of nitrogens with zero attached hydrogens (tertiary/aromatic N) is 2. The van der Waals surface area contributed by atoms with E-state index in [0.29, 0.717) is 11.7 Å². The SMILES string of the molecule is FC(F)CN(Cc1ccc(Cl)nc1)C1=CC2OC2OC1. The molecule has 0 aromatic carbocycles. The van der Waals surface area contributed by atoms with Gasteiger partial charge in [0.25, 0.3) is 6.43 Å². The van der Waals surface area contributed by atoms with Crippen molar-refractivity contribution in [3.05, 3.63) is 40.8 Å². The van der Waals surface area contributed by atoms with E-state index in [2.05, 4.69) is 4.98 Å². The van der Waals surface area contributed by atoms with Gasteiger partial charge in [-0.25, -0.2) is 13.8 Å². The van der Waals surface area contributed by atoms with Crippen molar-refractivity contribution >= 4 is 11.6 Å². The molecule has 4 nitrogen and oxygen atoms in total. The van der Waals surface area contributed by atoms with Gasteiger partial charge < -0.3 is 14.4 Å². The molecule has 1 aromatic heterocycles. The molecular formula is C13H13ClF2N2O2. The Morgan fingerprint density at radius 3 is 2.95 bits per heavy atom. The lowest BCUT2D eigenvalue weighted by atomic mass is 10.2. The minimum atomic E-state index is -2.42. The van der Waals surface area contributed by atoms with Crippen LogP contribution in [-0.2, 0) is 16.0 Å². The van der Waals surface area contributed by atoms with Crippen molar-refractivity contribution in [2.75, 3.05) is 13.2 Å². The second kappa shape index (κ2) is 5.63. The number of hydrogen-bond acceptors (Lipinski definition) is 4. The van der Waals surface area contributed by atoms with Gasteiger partial charge in [-0.3, -0.25) is 0 Å². The number of pyridine rings is 1. The molecule has 1 aromatic rings. The molecule has 0 bridgehead atoms. The molecule has 1 saturated heterocycles. The van der Waals surface area contributed by atoms with Gasteiger partial charge in [-0.05, 0) is 17.7 Å². The smallest absolute Gasteiger partial charge is 0.255 e. The molecule has 1 fully saturated rings. The van der Waals surface area contributed by atoms with Crippen LogP contribution in [0.15, 0.2) is 30.1 Å². The average Bonchev–Trinajstić information content (AvgIpc) is 3.18. The third-order valence-electron chi connectivity index (χ3n) is 3.16. The highest BCUT2D eigenvalue weighted by Gasteiger charge is 2.42. The lowest BCUT2D eigenvalue weighted by Crippen LogP contribution is -2.32. The monoisotopic (exact) mass is 302 g/mol. The van der Waals surface area contributed by atoms with Gasteiger partial charge in [-0.2, -0.15) is 0 Å². The van der Waals surface area contributed by atoms with Crippen LogP contribution in [0.4, 0.5) is 8.78 Å². The summed E-state index contributed by atoms with van der Waals surface area (Å²) >= 11 is 5.71. The largest absolute Gasteiger partial charge is 0.363 e. The van der Waals surface area contributed by atoms with Crippen LogP contribution in [0.3, 0.4) is 0 Å². The Kier molecular flexibility index (Phi) is 3.87. The Morgan fingerprint density at radius 1 is 1.45 bits per heavy atom. The Balaban J connectivity index is 1.73. The van der Waals surface area contributed by atoms with Crippen LogP contribution in [0.2, 0.25) is 5.15 Å². The number of rotatable bonds is 5. The number of alkyl halides is 2. The average molecular weight is 303 g/mol. The van der Waals surface area contributed by atoms with Crippen molar-refractivity contribution in [1.82, 2.24) is 9.88 Å². The zero-order chi connectivity index (χ0) is 14.1. The summed E-state index contributed by atoms with van der Waals surface area (Å²) in [5.74, 6) is 0. The molecule has 7 heteroatoms. The maximum atomic E-state index is 12.7. The molecule has 0 saturated carbocycles. The summed E-state index contributed by atoms with van der Waals surface area (Å²) in [6.45, 7) is 0.269. The predicted molar refractivity (Wildman–Crippen MR) is 68.4 cm³/mol. The fraction of sp³-hybridized carbons (Fsp3) is 0.462. The van der Waals surface area contributed by atoms with E-state index in [-0.39, 0.29) is 25.5 Å². The van der Waals surface area contributed by atoms with E-state index < -0.39 is 6.43 Å². The summed E-state index contributed by atoms with van der Waals surface area (Å²) in [6.07, 6.45) is 0.724. The van der Waals surface area contributed by atoms with Crippen molar-refractivity contribution in [3.8, 4) is 0 Å². The lowest BCUT2D eigenvalue weighted by Gasteiger charge is -2.28. The van der Waals surface area contributed by atoms with Gasteiger partial charge in [0, 0.05) is 18.4 Å². The summed E-state index contributed by atoms with van der Waals surface area (Å²) in [7, 11) is 0. The van der Waals surface area contributed by atoms with Crippen LogP contribution < -0.4 is 0 Å². The molecule has 0 spiro atoms. The number of fused-ring (bicyclic) bond motifs is 1. The molecule has 20 heavy (non-hydrogen) atoms. The van der Waals surface area contributed by atoms with E-state index in [4.69, 9.17) is 21.1 Å². The van der Waals surface area contributed by atoms with Crippen LogP contribution in [0.25, 0.3) is 0 Å². The second-order valence-electron chi connectivity index (χ2n) is 4.70. The van der Waals surface area contributed by atoms with Crippen LogP contribution in [0.1, 0.15) is 5.56 Å². The Hall–Kier alpha value is -1.24. The normalized spacial score (nSPS) is 24.3. The molecule has 2 aliphatic heterocycles. The Labute approximate surface area is 119 Å². The van der Waals surface area contributed by atoms with E-state index in [1.165, 1.54) is 0 Å². The van der Waals surface area contributed by atoms with Crippen molar-refractivity contribution < 1.29 is 18.3 Å². The number of ether oxygens (including phenoxy) is 2. The number of aromatic nitrogens is 1. The maximum absolute atomic E-state index is 12.7. The summed E-state index contributed by atoms with van der Waals surface area (Å²) in [4.78, 5) is 5.55. The van der Waals surface area contributed by atoms with Crippen LogP contribution in [0.5, 0.6) is 0 Å². The quantitative estimate of drug-likeness (QED) is 0.618. The van der Waals surface area contributed by atoms with Gasteiger partial charge >= 0.3 is 0 Å². The number of epoxide rings is 1. The standard InChI is InChI=1S/C13H13ClF2N2O2/c14-11-2-1-8(4-17-11)5-18(6-12(15)16)9-3-10-13(20-10)19-7-9/h1-4,10,12-13H,5-7H2. The van der Waals surface area contributed by atoms with Crippen molar-refractivity contribution in [2.24, 2.45) is 0 Å². The fourth-order valence-electron chi connectivity index (χ4n) is 2.13. The lowest BCUT2D eigenvalue weighted by molar-refractivity contribution is 0.0415. The van der Waals surface area contributed by atoms with Gasteiger partial charge in [0.15, 0.2) is 6.29 Å². The van der Waals surface area contributed by atoms with E-state index in [9.17, 15) is 8.78 Å². The first-order valence-corrected chi connectivity index (χ1v) is 6.61. The Bertz CT molecular complexity index is 510. The molecular weight excluding hydrogens is 290 g/mol. The molecule has 2 unspecified atom stereocenters. The number of hydrogen-bond donors (Lipinski definition) is 0. The Morgan fingerprint density at radius 2 is 2.30 bits per heavy atom. The third-order valence-corrected chi connectivity index (χ3v) is 3.39. The predicted octanol–water partition coefficient (Wildman–Crippen LogP) is 2.44. The summed E-state index contributed by atoms with van der Waals surface area (Å²) < 4.78 is 36.0. The molecule has 3 heterocycles. The molecule has 0 radical (unpaired) electrons. The number of halogens is 3. The molecule has 2 atom stereocenters. The van der Waals surface area contributed by atoms with Gasteiger partial charge in [-0.15, -0.1) is 0 Å². The summed E-state index contributed by atoms with van der Waals surface area (Å²) in [6, 6.07) is 3.41. The molecule has 0 amide bonds. The molecule has 0 N–H and O–H groups in total. The minimum Gasteiger partial charge on any atom is -0.363 e. The van der Waals surface area contributed by atoms with Crippen LogP contribution >= 0.6 is 11.6 Å². The topological polar surface area (TPSA) is 37.9 Å². The van der Waals surface area contributed by atoms with Crippen molar-refractivity contribution in [3.63, 3.8) is 0 Å². The first kappa shape index (κ1) is 13.7. The van der Waals surface area contributed by atoms with E-state index in [1.54, 1.807) is 23.2 Å². The van der Waals surface area contributed by atoms with Gasteiger partial charge in [0.1, 0.15) is 11.3 Å². The summed E-state index contributed by atoms with van der Waals surface area (Å²) in [5.41, 5.74) is 1.54. The van der Waals surface area contributed by atoms with E-state index in [0.717, 1.165) is 11.3 Å². The maximum Gasteiger partial charge on any atom is 0.255 e. The van der Waals surface area contributed by atoms with E-state index >= 15 is 0 Å². The molecule has 108 valence electrons. The second-order valence-corrected chi connectivity index (χ2v) is 5.09. The van der Waals surface area contributed by atoms with Gasteiger partial charge in [0.2, 0.25) is 0 Å². The van der Waals surface area contributed by atoms with E-state index in [1.807, 2.05) is 6.08 Å². The highest BCUT2D eigenvalue weighted by atomic mass is 35.5. The molecule has 3 rings (SSSR count). The van der Waals surface area contributed by atoms with Crippen LogP contribution in [-0.4, -0.2) is 41.9 Å². The highest BCUT2D eigenvalue weighted by Crippen LogP contribution is 2.32.